The molecule has 1 aliphatic heterocycles. The SMILES string of the molecule is COc1cc2ncc(=O)n(CCOc3ccc(F)cc3)c2cc1OCCCN1CCOCC1. The lowest BCUT2D eigenvalue weighted by Gasteiger charge is -2.26. The number of aromatic nitrogens is 2. The van der Waals surface area contributed by atoms with Crippen molar-refractivity contribution >= 4 is 11.0 Å². The van der Waals surface area contributed by atoms with Gasteiger partial charge in [-0.05, 0) is 30.7 Å². The topological polar surface area (TPSA) is 75.0 Å². The minimum atomic E-state index is -0.329. The number of nitrogens with zero attached hydrogens (tertiary/aromatic N) is 3. The molecule has 2 heterocycles. The van der Waals surface area contributed by atoms with E-state index in [1.807, 2.05) is 0 Å². The summed E-state index contributed by atoms with van der Waals surface area (Å²) in [7, 11) is 1.58. The molecule has 1 aromatic heterocycles. The van der Waals surface area contributed by atoms with Crippen LogP contribution >= 0.6 is 0 Å². The highest BCUT2D eigenvalue weighted by atomic mass is 19.1. The van der Waals surface area contributed by atoms with Crippen molar-refractivity contribution in [3.63, 3.8) is 0 Å². The fourth-order valence-electron chi connectivity index (χ4n) is 3.75. The summed E-state index contributed by atoms with van der Waals surface area (Å²) in [4.78, 5) is 19.1. The van der Waals surface area contributed by atoms with Gasteiger partial charge in [-0.15, -0.1) is 0 Å². The Bertz CT molecular complexity index is 1110. The van der Waals surface area contributed by atoms with Gasteiger partial charge in [0, 0.05) is 31.8 Å². The third kappa shape index (κ3) is 6.00. The van der Waals surface area contributed by atoms with Crippen LogP contribution in [0, 0.1) is 5.82 Å². The van der Waals surface area contributed by atoms with Crippen LogP contribution in [-0.2, 0) is 11.3 Å². The first kappa shape index (κ1) is 23.0. The number of hydrogen-bond donors (Lipinski definition) is 0. The molecule has 1 saturated heterocycles. The van der Waals surface area contributed by atoms with Gasteiger partial charge in [0.05, 0.1) is 50.7 Å². The van der Waals surface area contributed by atoms with E-state index in [4.69, 9.17) is 18.9 Å². The second kappa shape index (κ2) is 11.1. The molecule has 8 nitrogen and oxygen atoms in total. The number of ether oxygens (including phenoxy) is 4. The van der Waals surface area contributed by atoms with E-state index < -0.39 is 0 Å². The monoisotopic (exact) mass is 457 g/mol. The zero-order valence-electron chi connectivity index (χ0n) is 18.7. The molecule has 0 amide bonds. The molecule has 9 heteroatoms. The summed E-state index contributed by atoms with van der Waals surface area (Å²) < 4.78 is 37.2. The van der Waals surface area contributed by atoms with Crippen LogP contribution in [0.3, 0.4) is 0 Å². The van der Waals surface area contributed by atoms with Gasteiger partial charge in [0.2, 0.25) is 0 Å². The van der Waals surface area contributed by atoms with Gasteiger partial charge < -0.3 is 23.5 Å². The van der Waals surface area contributed by atoms with Gasteiger partial charge >= 0.3 is 0 Å². The number of methoxy groups -OCH3 is 1. The van der Waals surface area contributed by atoms with Gasteiger partial charge in [-0.3, -0.25) is 9.69 Å². The zero-order valence-corrected chi connectivity index (χ0v) is 18.7. The minimum Gasteiger partial charge on any atom is -0.493 e. The van der Waals surface area contributed by atoms with Crippen molar-refractivity contribution in [1.82, 2.24) is 14.5 Å². The quantitative estimate of drug-likeness (QED) is 0.434. The van der Waals surface area contributed by atoms with E-state index in [9.17, 15) is 9.18 Å². The third-order valence-corrected chi connectivity index (χ3v) is 5.51. The van der Waals surface area contributed by atoms with Crippen LogP contribution in [0.25, 0.3) is 11.0 Å². The first-order valence-corrected chi connectivity index (χ1v) is 11.0. The molecule has 4 rings (SSSR count). The Hall–Kier alpha value is -3.17. The van der Waals surface area contributed by atoms with Crippen molar-refractivity contribution in [2.75, 3.05) is 53.2 Å². The molecule has 1 aliphatic rings. The van der Waals surface area contributed by atoms with Gasteiger partial charge in [-0.2, -0.15) is 0 Å². The lowest BCUT2D eigenvalue weighted by Crippen LogP contribution is -2.37. The first-order chi connectivity index (χ1) is 16.1. The molecule has 33 heavy (non-hydrogen) atoms. The fraction of sp³-hybridized carbons (Fsp3) is 0.417. The van der Waals surface area contributed by atoms with E-state index in [1.54, 1.807) is 35.9 Å². The van der Waals surface area contributed by atoms with Crippen LogP contribution in [0.5, 0.6) is 17.2 Å². The third-order valence-electron chi connectivity index (χ3n) is 5.51. The van der Waals surface area contributed by atoms with Gasteiger partial charge in [0.15, 0.2) is 11.5 Å². The summed E-state index contributed by atoms with van der Waals surface area (Å²) in [6.07, 6.45) is 2.15. The van der Waals surface area contributed by atoms with Crippen LogP contribution in [-0.4, -0.2) is 67.6 Å². The number of morpholine rings is 1. The summed E-state index contributed by atoms with van der Waals surface area (Å²) in [6, 6.07) is 9.32. The second-order valence-corrected chi connectivity index (χ2v) is 7.70. The molecule has 176 valence electrons. The van der Waals surface area contributed by atoms with E-state index in [2.05, 4.69) is 9.88 Å². The van der Waals surface area contributed by atoms with Crippen LogP contribution in [0.15, 0.2) is 47.4 Å². The summed E-state index contributed by atoms with van der Waals surface area (Å²) in [5.41, 5.74) is 1.01. The van der Waals surface area contributed by atoms with E-state index in [0.717, 1.165) is 39.3 Å². The van der Waals surface area contributed by atoms with Crippen molar-refractivity contribution in [1.29, 1.82) is 0 Å². The van der Waals surface area contributed by atoms with Crippen molar-refractivity contribution in [2.24, 2.45) is 0 Å². The maximum atomic E-state index is 13.1. The second-order valence-electron chi connectivity index (χ2n) is 7.70. The smallest absolute Gasteiger partial charge is 0.269 e. The average molecular weight is 458 g/mol. The molecule has 0 spiro atoms. The molecule has 0 saturated carbocycles. The molecule has 0 radical (unpaired) electrons. The standard InChI is InChI=1S/C24H28FN3O5/c1-30-22-15-20-21(16-23(22)33-11-2-7-27-8-12-31-13-9-27)28(24(29)17-26-20)10-14-32-19-5-3-18(25)4-6-19/h3-6,15-17H,2,7-14H2,1H3. The van der Waals surface area contributed by atoms with Crippen molar-refractivity contribution < 1.29 is 23.3 Å². The highest BCUT2D eigenvalue weighted by Gasteiger charge is 2.13. The number of halogens is 1. The van der Waals surface area contributed by atoms with Gasteiger partial charge in [-0.25, -0.2) is 9.37 Å². The summed E-state index contributed by atoms with van der Waals surface area (Å²) in [5.74, 6) is 1.33. The Morgan fingerprint density at radius 2 is 1.82 bits per heavy atom. The summed E-state index contributed by atoms with van der Waals surface area (Å²) in [5, 5.41) is 0. The lowest BCUT2D eigenvalue weighted by molar-refractivity contribution is 0.0357. The maximum Gasteiger partial charge on any atom is 0.269 e. The molecule has 0 N–H and O–H groups in total. The summed E-state index contributed by atoms with van der Waals surface area (Å²) in [6.45, 7) is 5.44. The Morgan fingerprint density at radius 3 is 2.58 bits per heavy atom. The van der Waals surface area contributed by atoms with Crippen molar-refractivity contribution in [2.45, 2.75) is 13.0 Å². The van der Waals surface area contributed by atoms with E-state index >= 15 is 0 Å². The van der Waals surface area contributed by atoms with E-state index in [0.29, 0.717) is 41.4 Å². The van der Waals surface area contributed by atoms with E-state index in [1.165, 1.54) is 18.3 Å². The van der Waals surface area contributed by atoms with Gasteiger partial charge in [0.1, 0.15) is 18.2 Å². The van der Waals surface area contributed by atoms with Crippen LogP contribution in [0.2, 0.25) is 0 Å². The fourth-order valence-corrected chi connectivity index (χ4v) is 3.75. The average Bonchev–Trinajstić information content (AvgIpc) is 2.84. The van der Waals surface area contributed by atoms with Crippen molar-refractivity contribution in [3.8, 4) is 17.2 Å². The predicted molar refractivity (Wildman–Crippen MR) is 122 cm³/mol. The normalized spacial score (nSPS) is 14.4. The Balaban J connectivity index is 1.45. The maximum absolute atomic E-state index is 13.1. The van der Waals surface area contributed by atoms with Crippen LogP contribution in [0.4, 0.5) is 4.39 Å². The molecule has 2 aromatic carbocycles. The van der Waals surface area contributed by atoms with Crippen LogP contribution in [0.1, 0.15) is 6.42 Å². The number of hydrogen-bond acceptors (Lipinski definition) is 7. The summed E-state index contributed by atoms with van der Waals surface area (Å²) >= 11 is 0. The van der Waals surface area contributed by atoms with Crippen LogP contribution < -0.4 is 19.8 Å². The molecule has 0 atom stereocenters. The minimum absolute atomic E-state index is 0.242. The molecular weight excluding hydrogens is 429 g/mol. The Labute approximate surface area is 191 Å². The number of fused-ring (bicyclic) bond motifs is 1. The number of rotatable bonds is 10. The number of benzene rings is 2. The molecular formula is C24H28FN3O5. The Morgan fingerprint density at radius 1 is 1.03 bits per heavy atom. The molecule has 0 unspecified atom stereocenters. The molecule has 0 aliphatic carbocycles. The Kier molecular flexibility index (Phi) is 7.74. The highest BCUT2D eigenvalue weighted by molar-refractivity contribution is 5.79. The molecule has 1 fully saturated rings. The highest BCUT2D eigenvalue weighted by Crippen LogP contribution is 2.31. The lowest BCUT2D eigenvalue weighted by atomic mass is 10.2. The predicted octanol–water partition coefficient (Wildman–Crippen LogP) is 2.72. The van der Waals surface area contributed by atoms with Gasteiger partial charge in [-0.1, -0.05) is 0 Å². The van der Waals surface area contributed by atoms with E-state index in [-0.39, 0.29) is 18.0 Å². The van der Waals surface area contributed by atoms with Gasteiger partial charge in [0.25, 0.3) is 5.56 Å². The molecule has 0 bridgehead atoms. The first-order valence-electron chi connectivity index (χ1n) is 11.0. The zero-order chi connectivity index (χ0) is 23.0. The largest absolute Gasteiger partial charge is 0.493 e. The van der Waals surface area contributed by atoms with Crippen molar-refractivity contribution in [3.05, 3.63) is 58.8 Å². The molecule has 3 aromatic rings.